The lowest BCUT2D eigenvalue weighted by molar-refractivity contribution is -0.124. The van der Waals surface area contributed by atoms with Crippen molar-refractivity contribution in [2.24, 2.45) is 0 Å². The van der Waals surface area contributed by atoms with Gasteiger partial charge < -0.3 is 10.2 Å². The predicted octanol–water partition coefficient (Wildman–Crippen LogP) is 0.136. The fraction of sp³-hybridized carbons (Fsp3) is 0.500. The lowest BCUT2D eigenvalue weighted by Crippen LogP contribution is -2.45. The van der Waals surface area contributed by atoms with Crippen LogP contribution in [0.2, 0.25) is 0 Å². The number of nitrogens with zero attached hydrogens (tertiary/aromatic N) is 3. The third-order valence-electron chi connectivity index (χ3n) is 3.06. The predicted molar refractivity (Wildman–Crippen MR) is 64.9 cm³/mol. The Kier molecular flexibility index (Phi) is 3.55. The number of carbonyl (C=O) groups is 2. The molecular weight excluding hydrogens is 232 g/mol. The van der Waals surface area contributed by atoms with Crippen molar-refractivity contribution < 1.29 is 9.59 Å². The molecule has 1 aliphatic rings. The summed E-state index contributed by atoms with van der Waals surface area (Å²) in [6.45, 7) is 2.40. The summed E-state index contributed by atoms with van der Waals surface area (Å²) in [5.41, 5.74) is 1.05. The van der Waals surface area contributed by atoms with Gasteiger partial charge in [-0.05, 0) is 19.8 Å². The molecule has 0 bridgehead atoms. The van der Waals surface area contributed by atoms with Crippen LogP contribution in [-0.2, 0) is 4.79 Å². The van der Waals surface area contributed by atoms with Crippen molar-refractivity contribution in [3.8, 4) is 0 Å². The second-order valence-electron chi connectivity index (χ2n) is 4.31. The van der Waals surface area contributed by atoms with Gasteiger partial charge in [-0.3, -0.25) is 14.6 Å². The van der Waals surface area contributed by atoms with E-state index < -0.39 is 0 Å². The van der Waals surface area contributed by atoms with Crippen molar-refractivity contribution in [3.05, 3.63) is 23.8 Å². The molecule has 2 heterocycles. The van der Waals surface area contributed by atoms with Gasteiger partial charge in [-0.1, -0.05) is 0 Å². The Labute approximate surface area is 105 Å². The summed E-state index contributed by atoms with van der Waals surface area (Å²) in [6, 6.07) is -0.384. The molecule has 6 heteroatoms. The van der Waals surface area contributed by atoms with Gasteiger partial charge in [0.05, 0.1) is 11.9 Å². The van der Waals surface area contributed by atoms with Crippen LogP contribution >= 0.6 is 0 Å². The van der Waals surface area contributed by atoms with E-state index in [0.29, 0.717) is 13.0 Å². The Morgan fingerprint density at radius 2 is 2.17 bits per heavy atom. The van der Waals surface area contributed by atoms with Crippen molar-refractivity contribution >= 4 is 11.8 Å². The van der Waals surface area contributed by atoms with Crippen LogP contribution in [0.4, 0.5) is 0 Å². The third kappa shape index (κ3) is 2.32. The highest BCUT2D eigenvalue weighted by molar-refractivity contribution is 5.96. The lowest BCUT2D eigenvalue weighted by Gasteiger charge is -2.22. The number of nitrogens with one attached hydrogen (secondary N) is 1. The van der Waals surface area contributed by atoms with Crippen LogP contribution in [0.15, 0.2) is 12.4 Å². The Balaban J connectivity index is 2.17. The smallest absolute Gasteiger partial charge is 0.274 e. The fourth-order valence-corrected chi connectivity index (χ4v) is 2.10. The maximum absolute atomic E-state index is 12.2. The second-order valence-corrected chi connectivity index (χ2v) is 4.31. The minimum atomic E-state index is -0.384. The zero-order chi connectivity index (χ0) is 13.1. The Hall–Kier alpha value is -1.98. The molecule has 1 saturated heterocycles. The third-order valence-corrected chi connectivity index (χ3v) is 3.06. The van der Waals surface area contributed by atoms with Gasteiger partial charge in [-0.2, -0.15) is 0 Å². The van der Waals surface area contributed by atoms with Gasteiger partial charge in [-0.25, -0.2) is 4.98 Å². The molecule has 1 aromatic heterocycles. The van der Waals surface area contributed by atoms with Crippen LogP contribution in [0.3, 0.4) is 0 Å². The van der Waals surface area contributed by atoms with Gasteiger partial charge in [0.2, 0.25) is 5.91 Å². The van der Waals surface area contributed by atoms with Crippen LogP contribution in [0.1, 0.15) is 29.0 Å². The summed E-state index contributed by atoms with van der Waals surface area (Å²) in [6.07, 6.45) is 4.54. The maximum atomic E-state index is 12.2. The molecule has 1 N–H and O–H groups in total. The lowest BCUT2D eigenvalue weighted by atomic mass is 10.2. The molecule has 0 saturated carbocycles. The minimum Gasteiger partial charge on any atom is -0.357 e. The summed E-state index contributed by atoms with van der Waals surface area (Å²) < 4.78 is 0. The topological polar surface area (TPSA) is 75.2 Å². The standard InChI is InChI=1S/C12H16N4O2/c1-8-6-15-9(7-14-8)12(18)16-5-3-4-10(16)11(17)13-2/h6-7,10H,3-5H2,1-2H3,(H,13,17)/t10-/m0/s1. The van der Waals surface area contributed by atoms with E-state index in [1.165, 1.54) is 6.20 Å². The molecule has 0 spiro atoms. The number of carbonyl (C=O) groups excluding carboxylic acids is 2. The zero-order valence-electron chi connectivity index (χ0n) is 10.5. The number of likely N-dealkylation sites (tertiary alicyclic amines) is 1. The molecular formula is C12H16N4O2. The average molecular weight is 248 g/mol. The van der Waals surface area contributed by atoms with E-state index in [9.17, 15) is 9.59 Å². The number of aryl methyl sites for hydroxylation is 1. The summed E-state index contributed by atoms with van der Waals surface area (Å²) in [5, 5.41) is 2.58. The normalized spacial score (nSPS) is 18.8. The van der Waals surface area contributed by atoms with Crippen molar-refractivity contribution in [2.45, 2.75) is 25.8 Å². The highest BCUT2D eigenvalue weighted by Crippen LogP contribution is 2.19. The van der Waals surface area contributed by atoms with Crippen molar-refractivity contribution in [1.29, 1.82) is 0 Å². The number of hydrogen-bond acceptors (Lipinski definition) is 4. The number of aromatic nitrogens is 2. The highest BCUT2D eigenvalue weighted by atomic mass is 16.2. The van der Waals surface area contributed by atoms with E-state index in [0.717, 1.165) is 12.1 Å². The van der Waals surface area contributed by atoms with Crippen LogP contribution in [0.5, 0.6) is 0 Å². The fourth-order valence-electron chi connectivity index (χ4n) is 2.10. The molecule has 1 atom stereocenters. The molecule has 96 valence electrons. The number of rotatable bonds is 2. The Morgan fingerprint density at radius 3 is 2.78 bits per heavy atom. The molecule has 6 nitrogen and oxygen atoms in total. The van der Waals surface area contributed by atoms with Gasteiger partial charge in [0.15, 0.2) is 0 Å². The molecule has 0 aliphatic carbocycles. The molecule has 0 aromatic carbocycles. The van der Waals surface area contributed by atoms with Gasteiger partial charge in [0, 0.05) is 19.8 Å². The monoisotopic (exact) mass is 248 g/mol. The van der Waals surface area contributed by atoms with Gasteiger partial charge in [0.1, 0.15) is 11.7 Å². The maximum Gasteiger partial charge on any atom is 0.274 e. The number of hydrogen-bond donors (Lipinski definition) is 1. The molecule has 1 fully saturated rings. The van der Waals surface area contributed by atoms with E-state index in [-0.39, 0.29) is 23.6 Å². The van der Waals surface area contributed by atoms with Crippen LogP contribution in [0.25, 0.3) is 0 Å². The van der Waals surface area contributed by atoms with E-state index >= 15 is 0 Å². The summed E-state index contributed by atoms with van der Waals surface area (Å²) in [5.74, 6) is -0.352. The molecule has 0 radical (unpaired) electrons. The van der Waals surface area contributed by atoms with E-state index in [1.54, 1.807) is 18.1 Å². The van der Waals surface area contributed by atoms with E-state index in [1.807, 2.05) is 6.92 Å². The van der Waals surface area contributed by atoms with Gasteiger partial charge >= 0.3 is 0 Å². The molecule has 0 unspecified atom stereocenters. The first kappa shape index (κ1) is 12.5. The molecule has 1 aliphatic heterocycles. The Bertz CT molecular complexity index is 458. The first-order valence-electron chi connectivity index (χ1n) is 5.94. The Morgan fingerprint density at radius 1 is 1.39 bits per heavy atom. The highest BCUT2D eigenvalue weighted by Gasteiger charge is 2.34. The van der Waals surface area contributed by atoms with E-state index in [2.05, 4.69) is 15.3 Å². The summed E-state index contributed by atoms with van der Waals surface area (Å²) in [4.78, 5) is 33.6. The quantitative estimate of drug-likeness (QED) is 0.807. The largest absolute Gasteiger partial charge is 0.357 e. The van der Waals surface area contributed by atoms with Crippen LogP contribution in [0, 0.1) is 6.92 Å². The molecule has 18 heavy (non-hydrogen) atoms. The first-order valence-corrected chi connectivity index (χ1v) is 5.94. The van der Waals surface area contributed by atoms with Crippen molar-refractivity contribution in [2.75, 3.05) is 13.6 Å². The number of likely N-dealkylation sites (N-methyl/N-ethyl adjacent to an activating group) is 1. The molecule has 1 aromatic rings. The SMILES string of the molecule is CNC(=O)[C@@H]1CCCN1C(=O)c1cnc(C)cn1. The average Bonchev–Trinajstić information content (AvgIpc) is 2.87. The zero-order valence-corrected chi connectivity index (χ0v) is 10.5. The second kappa shape index (κ2) is 5.12. The number of amides is 2. The summed E-state index contributed by atoms with van der Waals surface area (Å²) >= 11 is 0. The molecule has 2 rings (SSSR count). The van der Waals surface area contributed by atoms with Crippen molar-refractivity contribution in [3.63, 3.8) is 0 Å². The van der Waals surface area contributed by atoms with Crippen LogP contribution < -0.4 is 5.32 Å². The first-order chi connectivity index (χ1) is 8.63. The van der Waals surface area contributed by atoms with Crippen molar-refractivity contribution in [1.82, 2.24) is 20.2 Å². The van der Waals surface area contributed by atoms with Gasteiger partial charge in [0.25, 0.3) is 5.91 Å². The molecule has 2 amide bonds. The van der Waals surface area contributed by atoms with Gasteiger partial charge in [-0.15, -0.1) is 0 Å². The van der Waals surface area contributed by atoms with Crippen LogP contribution in [-0.4, -0.2) is 46.3 Å². The summed E-state index contributed by atoms with van der Waals surface area (Å²) in [7, 11) is 1.58. The van der Waals surface area contributed by atoms with E-state index in [4.69, 9.17) is 0 Å². The minimum absolute atomic E-state index is 0.124.